The topological polar surface area (TPSA) is 61.4 Å². The largest absolute Gasteiger partial charge is 0.346 e. The summed E-state index contributed by atoms with van der Waals surface area (Å²) in [6.45, 7) is 7.02. The Kier molecular flexibility index (Phi) is 6.72. The van der Waals surface area contributed by atoms with Crippen LogP contribution < -0.4 is 10.6 Å². The zero-order valence-electron chi connectivity index (χ0n) is 18.8. The molecule has 0 spiro atoms. The van der Waals surface area contributed by atoms with E-state index in [0.717, 1.165) is 35.3 Å². The van der Waals surface area contributed by atoms with Gasteiger partial charge < -0.3 is 10.6 Å². The maximum Gasteiger partial charge on any atom is 0.243 e. The van der Waals surface area contributed by atoms with Gasteiger partial charge in [0.15, 0.2) is 0 Å². The van der Waals surface area contributed by atoms with Gasteiger partial charge in [-0.05, 0) is 60.9 Å². The highest BCUT2D eigenvalue weighted by Gasteiger charge is 2.30. The number of aryl methyl sites for hydroxylation is 3. The second-order valence-corrected chi connectivity index (χ2v) is 9.43. The zero-order chi connectivity index (χ0) is 22.7. The molecular weight excluding hydrogens is 418 g/mol. The lowest BCUT2D eigenvalue weighted by Crippen LogP contribution is -2.44. The summed E-state index contributed by atoms with van der Waals surface area (Å²) in [6, 6.07) is 16.6. The van der Waals surface area contributed by atoms with Gasteiger partial charge in [0.05, 0.1) is 19.1 Å². The number of rotatable bonds is 6. The molecule has 2 aromatic carbocycles. The molecule has 0 radical (unpaired) electrons. The van der Waals surface area contributed by atoms with Crippen LogP contribution in [0.5, 0.6) is 0 Å². The van der Waals surface area contributed by atoms with E-state index < -0.39 is 0 Å². The first-order chi connectivity index (χ1) is 15.4. The number of thiophene rings is 1. The van der Waals surface area contributed by atoms with Crippen molar-refractivity contribution in [3.63, 3.8) is 0 Å². The van der Waals surface area contributed by atoms with Crippen LogP contribution in [-0.2, 0) is 16.0 Å². The molecule has 32 heavy (non-hydrogen) atoms. The number of hydrogen-bond acceptors (Lipinski definition) is 4. The fourth-order valence-electron chi connectivity index (χ4n) is 4.54. The van der Waals surface area contributed by atoms with Crippen molar-refractivity contribution < 1.29 is 9.59 Å². The molecule has 4 rings (SSSR count). The van der Waals surface area contributed by atoms with Crippen molar-refractivity contribution in [1.29, 1.82) is 0 Å². The Morgan fingerprint density at radius 2 is 1.75 bits per heavy atom. The zero-order valence-corrected chi connectivity index (χ0v) is 19.6. The van der Waals surface area contributed by atoms with Crippen LogP contribution in [0.4, 0.5) is 5.69 Å². The number of hydrogen-bond donors (Lipinski definition) is 2. The molecule has 2 heterocycles. The molecule has 0 saturated carbocycles. The summed E-state index contributed by atoms with van der Waals surface area (Å²) in [7, 11) is 0. The molecule has 2 amide bonds. The first-order valence-corrected chi connectivity index (χ1v) is 11.8. The van der Waals surface area contributed by atoms with E-state index in [-0.39, 0.29) is 30.9 Å². The summed E-state index contributed by atoms with van der Waals surface area (Å²) in [4.78, 5) is 28.8. The number of nitrogens with zero attached hydrogens (tertiary/aromatic N) is 1. The monoisotopic (exact) mass is 447 g/mol. The van der Waals surface area contributed by atoms with Crippen molar-refractivity contribution in [2.24, 2.45) is 0 Å². The van der Waals surface area contributed by atoms with E-state index in [4.69, 9.17) is 0 Å². The minimum atomic E-state index is -0.216. The summed E-state index contributed by atoms with van der Waals surface area (Å²) in [5.74, 6) is -0.358. The van der Waals surface area contributed by atoms with Gasteiger partial charge in [-0.15, -0.1) is 11.3 Å². The van der Waals surface area contributed by atoms with Crippen LogP contribution in [0.3, 0.4) is 0 Å². The van der Waals surface area contributed by atoms with E-state index in [0.29, 0.717) is 0 Å². The number of carbonyl (C=O) groups excluding carboxylic acids is 2. The van der Waals surface area contributed by atoms with Crippen molar-refractivity contribution in [2.75, 3.05) is 25.0 Å². The third kappa shape index (κ3) is 4.92. The van der Waals surface area contributed by atoms with E-state index >= 15 is 0 Å². The van der Waals surface area contributed by atoms with Gasteiger partial charge in [0, 0.05) is 17.1 Å². The highest BCUT2D eigenvalue weighted by molar-refractivity contribution is 7.10. The van der Waals surface area contributed by atoms with Crippen molar-refractivity contribution in [3.8, 4) is 0 Å². The van der Waals surface area contributed by atoms with E-state index in [2.05, 4.69) is 39.1 Å². The minimum Gasteiger partial charge on any atom is -0.346 e. The van der Waals surface area contributed by atoms with Gasteiger partial charge in [0.25, 0.3) is 0 Å². The average Bonchev–Trinajstić information content (AvgIpc) is 3.24. The standard InChI is InChI=1S/C26H29N3O2S/c1-17-13-18(2)25(19(3)14-17)28-23(30)15-27-24(31)16-29-11-9-22-21(10-12-32-22)26(29)20-7-5-4-6-8-20/h4-8,10,12-14,26H,9,11,15-16H2,1-3H3,(H,27,31)(H,28,30). The van der Waals surface area contributed by atoms with Gasteiger partial charge in [-0.25, -0.2) is 0 Å². The molecule has 1 aliphatic heterocycles. The highest BCUT2D eigenvalue weighted by atomic mass is 32.1. The van der Waals surface area contributed by atoms with Gasteiger partial charge in [0.1, 0.15) is 0 Å². The molecule has 0 fully saturated rings. The normalized spacial score (nSPS) is 15.8. The molecule has 1 atom stereocenters. The van der Waals surface area contributed by atoms with E-state index in [9.17, 15) is 9.59 Å². The molecule has 6 heteroatoms. The van der Waals surface area contributed by atoms with Crippen molar-refractivity contribution in [3.05, 3.63) is 86.6 Å². The third-order valence-electron chi connectivity index (χ3n) is 5.92. The molecule has 3 aromatic rings. The predicted octanol–water partition coefficient (Wildman–Crippen LogP) is 4.38. The van der Waals surface area contributed by atoms with E-state index in [1.165, 1.54) is 16.0 Å². The molecule has 1 aromatic heterocycles. The average molecular weight is 448 g/mol. The molecule has 0 aliphatic carbocycles. The number of benzene rings is 2. The van der Waals surface area contributed by atoms with Crippen LogP contribution in [0.25, 0.3) is 0 Å². The molecule has 2 N–H and O–H groups in total. The van der Waals surface area contributed by atoms with Gasteiger partial charge in [-0.1, -0.05) is 48.0 Å². The Morgan fingerprint density at radius 3 is 2.47 bits per heavy atom. The van der Waals surface area contributed by atoms with Gasteiger partial charge in [-0.2, -0.15) is 0 Å². The van der Waals surface area contributed by atoms with E-state index in [1.807, 2.05) is 51.1 Å². The fraction of sp³-hybridized carbons (Fsp3) is 0.308. The Balaban J connectivity index is 1.39. The molecule has 0 saturated heterocycles. The maximum absolute atomic E-state index is 12.7. The molecule has 1 aliphatic rings. The molecule has 166 valence electrons. The number of carbonyl (C=O) groups is 2. The number of anilines is 1. The van der Waals surface area contributed by atoms with Crippen LogP contribution >= 0.6 is 11.3 Å². The number of fused-ring (bicyclic) bond motifs is 1. The lowest BCUT2D eigenvalue weighted by Gasteiger charge is -2.35. The van der Waals surface area contributed by atoms with E-state index in [1.54, 1.807) is 11.3 Å². The minimum absolute atomic E-state index is 0.0425. The maximum atomic E-state index is 12.7. The quantitative estimate of drug-likeness (QED) is 0.590. The van der Waals surface area contributed by atoms with Gasteiger partial charge >= 0.3 is 0 Å². The van der Waals surface area contributed by atoms with Gasteiger partial charge in [-0.3, -0.25) is 14.5 Å². The summed E-state index contributed by atoms with van der Waals surface area (Å²) < 4.78 is 0. The Bertz CT molecular complexity index is 1100. The third-order valence-corrected chi connectivity index (χ3v) is 6.91. The van der Waals surface area contributed by atoms with Crippen molar-refractivity contribution in [2.45, 2.75) is 33.2 Å². The second-order valence-electron chi connectivity index (χ2n) is 8.43. The molecular formula is C26H29N3O2S. The molecule has 5 nitrogen and oxygen atoms in total. The lowest BCUT2D eigenvalue weighted by atomic mass is 9.93. The van der Waals surface area contributed by atoms with Crippen LogP contribution in [0.2, 0.25) is 0 Å². The summed E-state index contributed by atoms with van der Waals surface area (Å²) >= 11 is 1.78. The Hall–Kier alpha value is -2.96. The fourth-order valence-corrected chi connectivity index (χ4v) is 5.45. The highest BCUT2D eigenvalue weighted by Crippen LogP contribution is 2.37. The second kappa shape index (κ2) is 9.67. The smallest absolute Gasteiger partial charge is 0.243 e. The van der Waals surface area contributed by atoms with Gasteiger partial charge in [0.2, 0.25) is 11.8 Å². The van der Waals surface area contributed by atoms with Crippen molar-refractivity contribution in [1.82, 2.24) is 10.2 Å². The predicted molar refractivity (Wildman–Crippen MR) is 130 cm³/mol. The summed E-state index contributed by atoms with van der Waals surface area (Å²) in [6.07, 6.45) is 0.941. The summed E-state index contributed by atoms with van der Waals surface area (Å²) in [5.41, 5.74) is 6.49. The Morgan fingerprint density at radius 1 is 1.03 bits per heavy atom. The molecule has 0 bridgehead atoms. The van der Waals surface area contributed by atoms with Crippen LogP contribution in [0, 0.1) is 20.8 Å². The SMILES string of the molecule is Cc1cc(C)c(NC(=O)CNC(=O)CN2CCc3sccc3C2c2ccccc2)c(C)c1. The van der Waals surface area contributed by atoms with Crippen molar-refractivity contribution >= 4 is 28.8 Å². The van der Waals surface area contributed by atoms with Crippen LogP contribution in [-0.4, -0.2) is 36.3 Å². The van der Waals surface area contributed by atoms with Crippen LogP contribution in [0.15, 0.2) is 53.9 Å². The summed E-state index contributed by atoms with van der Waals surface area (Å²) in [5, 5.41) is 7.87. The number of amides is 2. The number of nitrogens with one attached hydrogen (secondary N) is 2. The lowest BCUT2D eigenvalue weighted by molar-refractivity contribution is -0.125. The Labute approximate surface area is 193 Å². The molecule has 1 unspecified atom stereocenters. The first kappa shape index (κ1) is 22.2. The van der Waals surface area contributed by atoms with Crippen LogP contribution in [0.1, 0.15) is 38.7 Å². The first-order valence-electron chi connectivity index (χ1n) is 10.9.